The van der Waals surface area contributed by atoms with Gasteiger partial charge in [0.2, 0.25) is 5.91 Å². The summed E-state index contributed by atoms with van der Waals surface area (Å²) in [6.07, 6.45) is 2.41. The number of piperidine rings is 1. The zero-order valence-corrected chi connectivity index (χ0v) is 13.7. The normalized spacial score (nSPS) is 17.0. The molecule has 0 radical (unpaired) electrons. The molecule has 0 saturated carbocycles. The molecule has 1 heterocycles. The van der Waals surface area contributed by atoms with Gasteiger partial charge in [0.05, 0.1) is 11.1 Å². The monoisotopic (exact) mass is 332 g/mol. The van der Waals surface area contributed by atoms with Crippen molar-refractivity contribution in [3.63, 3.8) is 0 Å². The van der Waals surface area contributed by atoms with E-state index < -0.39 is 0 Å². The largest absolute Gasteiger partial charge is 0.489 e. The molecule has 0 bridgehead atoms. The van der Waals surface area contributed by atoms with Crippen molar-refractivity contribution >= 4 is 29.9 Å². The first-order valence-corrected chi connectivity index (χ1v) is 7.45. The Balaban J connectivity index is 0.00000220. The number of para-hydroxylation sites is 1. The standard InChI is InChI=1S/C15H21ClN2O2.ClH/c1-2-13(17)15(19)18-9-7-11(8-10-18)20-14-6-4-3-5-12(14)16;/h3-6,11,13H,2,7-10,17H2,1H3;1H. The first-order chi connectivity index (χ1) is 9.61. The summed E-state index contributed by atoms with van der Waals surface area (Å²) in [7, 11) is 0. The van der Waals surface area contributed by atoms with Gasteiger partial charge in [0, 0.05) is 25.9 Å². The molecule has 2 N–H and O–H groups in total. The first kappa shape index (κ1) is 18.1. The summed E-state index contributed by atoms with van der Waals surface area (Å²) in [5.74, 6) is 0.757. The van der Waals surface area contributed by atoms with Crippen LogP contribution in [0.1, 0.15) is 26.2 Å². The van der Waals surface area contributed by atoms with Crippen LogP contribution in [-0.2, 0) is 4.79 Å². The molecular formula is C15H22Cl2N2O2. The van der Waals surface area contributed by atoms with Crippen molar-refractivity contribution in [2.75, 3.05) is 13.1 Å². The number of ether oxygens (including phenoxy) is 1. The second-order valence-electron chi connectivity index (χ2n) is 5.09. The molecule has 6 heteroatoms. The Labute approximate surface area is 137 Å². The molecule has 1 atom stereocenters. The summed E-state index contributed by atoms with van der Waals surface area (Å²) in [5.41, 5.74) is 5.79. The van der Waals surface area contributed by atoms with E-state index in [2.05, 4.69) is 0 Å². The molecule has 1 aliphatic heterocycles. The number of carbonyl (C=O) groups is 1. The van der Waals surface area contributed by atoms with Crippen LogP contribution in [-0.4, -0.2) is 36.0 Å². The summed E-state index contributed by atoms with van der Waals surface area (Å²) in [5, 5.41) is 0.624. The van der Waals surface area contributed by atoms with Crippen LogP contribution in [0, 0.1) is 0 Å². The summed E-state index contributed by atoms with van der Waals surface area (Å²) in [6, 6.07) is 7.09. The van der Waals surface area contributed by atoms with Gasteiger partial charge in [0.25, 0.3) is 0 Å². The molecule has 0 aromatic heterocycles. The lowest BCUT2D eigenvalue weighted by Gasteiger charge is -2.33. The van der Waals surface area contributed by atoms with Gasteiger partial charge in [-0.05, 0) is 18.6 Å². The van der Waals surface area contributed by atoms with Crippen molar-refractivity contribution in [1.29, 1.82) is 0 Å². The second-order valence-corrected chi connectivity index (χ2v) is 5.49. The van der Waals surface area contributed by atoms with Gasteiger partial charge in [-0.15, -0.1) is 12.4 Å². The van der Waals surface area contributed by atoms with Crippen LogP contribution in [0.3, 0.4) is 0 Å². The van der Waals surface area contributed by atoms with E-state index >= 15 is 0 Å². The molecule has 0 aliphatic carbocycles. The zero-order chi connectivity index (χ0) is 14.5. The molecule has 4 nitrogen and oxygen atoms in total. The zero-order valence-electron chi connectivity index (χ0n) is 12.1. The molecule has 118 valence electrons. The second kappa shape index (κ2) is 8.47. The number of amides is 1. The maximum Gasteiger partial charge on any atom is 0.239 e. The average Bonchev–Trinajstić information content (AvgIpc) is 2.49. The van der Waals surface area contributed by atoms with Crippen LogP contribution < -0.4 is 10.5 Å². The Morgan fingerprint density at radius 2 is 2.05 bits per heavy atom. The minimum Gasteiger partial charge on any atom is -0.489 e. The van der Waals surface area contributed by atoms with E-state index in [1.54, 1.807) is 0 Å². The smallest absolute Gasteiger partial charge is 0.239 e. The quantitative estimate of drug-likeness (QED) is 0.922. The van der Waals surface area contributed by atoms with E-state index in [9.17, 15) is 4.79 Å². The van der Waals surface area contributed by atoms with E-state index in [4.69, 9.17) is 22.1 Å². The van der Waals surface area contributed by atoms with Gasteiger partial charge in [-0.3, -0.25) is 4.79 Å². The number of rotatable bonds is 4. The van der Waals surface area contributed by atoms with Crippen LogP contribution >= 0.6 is 24.0 Å². The van der Waals surface area contributed by atoms with Gasteiger partial charge in [-0.1, -0.05) is 30.7 Å². The number of likely N-dealkylation sites (tertiary alicyclic amines) is 1. The lowest BCUT2D eigenvalue weighted by atomic mass is 10.1. The molecule has 1 fully saturated rings. The maximum absolute atomic E-state index is 12.0. The number of nitrogens with two attached hydrogens (primary N) is 1. The molecule has 1 aromatic rings. The summed E-state index contributed by atoms with van der Waals surface area (Å²) < 4.78 is 5.90. The fourth-order valence-electron chi connectivity index (χ4n) is 2.32. The number of halogens is 2. The highest BCUT2D eigenvalue weighted by molar-refractivity contribution is 6.32. The lowest BCUT2D eigenvalue weighted by Crippen LogP contribution is -2.48. The van der Waals surface area contributed by atoms with Crippen LogP contribution in [0.4, 0.5) is 0 Å². The van der Waals surface area contributed by atoms with E-state index in [-0.39, 0.29) is 30.5 Å². The van der Waals surface area contributed by atoms with E-state index in [0.29, 0.717) is 30.3 Å². The fraction of sp³-hybridized carbons (Fsp3) is 0.533. The van der Waals surface area contributed by atoms with Gasteiger partial charge in [0.15, 0.2) is 0 Å². The predicted molar refractivity (Wildman–Crippen MR) is 87.2 cm³/mol. The molecule has 2 rings (SSSR count). The van der Waals surface area contributed by atoms with E-state index in [1.165, 1.54) is 0 Å². The third-order valence-electron chi connectivity index (χ3n) is 3.64. The Bertz CT molecular complexity index is 463. The Morgan fingerprint density at radius 1 is 1.43 bits per heavy atom. The van der Waals surface area contributed by atoms with Crippen molar-refractivity contribution in [3.05, 3.63) is 29.3 Å². The summed E-state index contributed by atoms with van der Waals surface area (Å²) >= 11 is 6.08. The number of hydrogen-bond acceptors (Lipinski definition) is 3. The third-order valence-corrected chi connectivity index (χ3v) is 3.95. The topological polar surface area (TPSA) is 55.6 Å². The molecule has 1 unspecified atom stereocenters. The van der Waals surface area contributed by atoms with Crippen LogP contribution in [0.15, 0.2) is 24.3 Å². The van der Waals surface area contributed by atoms with Gasteiger partial charge >= 0.3 is 0 Å². The molecule has 21 heavy (non-hydrogen) atoms. The number of nitrogens with zero attached hydrogens (tertiary/aromatic N) is 1. The molecule has 1 amide bonds. The van der Waals surface area contributed by atoms with Crippen molar-refractivity contribution in [2.45, 2.75) is 38.3 Å². The summed E-state index contributed by atoms with van der Waals surface area (Å²) in [6.45, 7) is 3.32. The minimum atomic E-state index is -0.379. The maximum atomic E-state index is 12.0. The summed E-state index contributed by atoms with van der Waals surface area (Å²) in [4.78, 5) is 13.8. The van der Waals surface area contributed by atoms with Gasteiger partial charge < -0.3 is 15.4 Å². The van der Waals surface area contributed by atoms with Gasteiger partial charge in [-0.2, -0.15) is 0 Å². The SMILES string of the molecule is CCC(N)C(=O)N1CCC(Oc2ccccc2Cl)CC1.Cl. The molecule has 0 spiro atoms. The van der Waals surface area contributed by atoms with E-state index in [1.807, 2.05) is 36.1 Å². The number of benzene rings is 1. The molecule has 1 aliphatic rings. The number of hydrogen-bond donors (Lipinski definition) is 1. The minimum absolute atomic E-state index is 0. The Hall–Kier alpha value is -0.970. The highest BCUT2D eigenvalue weighted by atomic mass is 35.5. The fourth-order valence-corrected chi connectivity index (χ4v) is 2.50. The number of carbonyl (C=O) groups excluding carboxylic acids is 1. The van der Waals surface area contributed by atoms with Crippen molar-refractivity contribution < 1.29 is 9.53 Å². The molecule has 1 aromatic carbocycles. The van der Waals surface area contributed by atoms with Crippen LogP contribution in [0.2, 0.25) is 5.02 Å². The Morgan fingerprint density at radius 3 is 2.62 bits per heavy atom. The molecule has 1 saturated heterocycles. The third kappa shape index (κ3) is 4.77. The van der Waals surface area contributed by atoms with E-state index in [0.717, 1.165) is 12.8 Å². The first-order valence-electron chi connectivity index (χ1n) is 7.07. The highest BCUT2D eigenvalue weighted by Crippen LogP contribution is 2.26. The van der Waals surface area contributed by atoms with Gasteiger partial charge in [-0.25, -0.2) is 0 Å². The van der Waals surface area contributed by atoms with Crippen LogP contribution in [0.5, 0.6) is 5.75 Å². The molecular weight excluding hydrogens is 311 g/mol. The van der Waals surface area contributed by atoms with Crippen molar-refractivity contribution in [1.82, 2.24) is 4.90 Å². The predicted octanol–water partition coefficient (Wildman–Crippen LogP) is 2.87. The van der Waals surface area contributed by atoms with Gasteiger partial charge in [0.1, 0.15) is 11.9 Å². The van der Waals surface area contributed by atoms with Crippen molar-refractivity contribution in [3.8, 4) is 5.75 Å². The van der Waals surface area contributed by atoms with Crippen molar-refractivity contribution in [2.24, 2.45) is 5.73 Å². The lowest BCUT2D eigenvalue weighted by molar-refractivity contribution is -0.134. The highest BCUT2D eigenvalue weighted by Gasteiger charge is 2.26. The Kier molecular flexibility index (Phi) is 7.29. The van der Waals surface area contributed by atoms with Crippen LogP contribution in [0.25, 0.3) is 0 Å². The average molecular weight is 333 g/mol.